The first-order valence-electron chi connectivity index (χ1n) is 7.78. The van der Waals surface area contributed by atoms with Gasteiger partial charge in [-0.1, -0.05) is 17.7 Å². The SMILES string of the molecule is Cc1ccc(SCCNC(=O)CC2CCN(C)CC2)cc1. The molecule has 0 radical (unpaired) electrons. The van der Waals surface area contributed by atoms with E-state index in [1.54, 1.807) is 11.8 Å². The van der Waals surface area contributed by atoms with Crippen molar-refractivity contribution in [1.29, 1.82) is 0 Å². The minimum absolute atomic E-state index is 0.217. The summed E-state index contributed by atoms with van der Waals surface area (Å²) in [6.45, 7) is 5.10. The fourth-order valence-corrected chi connectivity index (χ4v) is 3.36. The van der Waals surface area contributed by atoms with E-state index < -0.39 is 0 Å². The van der Waals surface area contributed by atoms with Crippen LogP contribution in [0.3, 0.4) is 0 Å². The van der Waals surface area contributed by atoms with E-state index in [2.05, 4.69) is 48.5 Å². The molecule has 4 heteroatoms. The predicted molar refractivity (Wildman–Crippen MR) is 89.8 cm³/mol. The molecule has 1 aliphatic rings. The molecule has 1 aliphatic heterocycles. The molecule has 0 aromatic heterocycles. The van der Waals surface area contributed by atoms with Crippen molar-refractivity contribution in [2.45, 2.75) is 31.1 Å². The summed E-state index contributed by atoms with van der Waals surface area (Å²) in [6, 6.07) is 8.53. The number of aryl methyl sites for hydroxylation is 1. The maximum Gasteiger partial charge on any atom is 0.220 e. The van der Waals surface area contributed by atoms with Gasteiger partial charge in [0.05, 0.1) is 0 Å². The third-order valence-electron chi connectivity index (χ3n) is 4.03. The molecule has 0 atom stereocenters. The number of carbonyl (C=O) groups is 1. The third-order valence-corrected chi connectivity index (χ3v) is 5.04. The predicted octanol–water partition coefficient (Wildman–Crippen LogP) is 2.94. The minimum atomic E-state index is 0.217. The van der Waals surface area contributed by atoms with Crippen LogP contribution in [0.1, 0.15) is 24.8 Å². The van der Waals surface area contributed by atoms with Gasteiger partial charge in [0.2, 0.25) is 5.91 Å². The highest BCUT2D eigenvalue weighted by atomic mass is 32.2. The van der Waals surface area contributed by atoms with Gasteiger partial charge >= 0.3 is 0 Å². The number of piperidine rings is 1. The van der Waals surface area contributed by atoms with Gasteiger partial charge in [0.25, 0.3) is 0 Å². The number of benzene rings is 1. The van der Waals surface area contributed by atoms with Gasteiger partial charge < -0.3 is 10.2 Å². The van der Waals surface area contributed by atoms with Crippen molar-refractivity contribution in [3.8, 4) is 0 Å². The van der Waals surface area contributed by atoms with Crippen molar-refractivity contribution >= 4 is 17.7 Å². The Balaban J connectivity index is 1.58. The normalized spacial score (nSPS) is 16.9. The molecule has 0 spiro atoms. The molecule has 1 amide bonds. The van der Waals surface area contributed by atoms with Gasteiger partial charge in [0.15, 0.2) is 0 Å². The van der Waals surface area contributed by atoms with Crippen molar-refractivity contribution < 1.29 is 4.79 Å². The molecular weight excluding hydrogens is 280 g/mol. The molecule has 0 saturated carbocycles. The van der Waals surface area contributed by atoms with Crippen LogP contribution in [0.4, 0.5) is 0 Å². The van der Waals surface area contributed by atoms with E-state index in [1.807, 2.05) is 0 Å². The number of nitrogens with zero attached hydrogens (tertiary/aromatic N) is 1. The van der Waals surface area contributed by atoms with Crippen molar-refractivity contribution in [2.24, 2.45) is 5.92 Å². The monoisotopic (exact) mass is 306 g/mol. The Hall–Kier alpha value is -1.00. The van der Waals surface area contributed by atoms with E-state index in [0.29, 0.717) is 12.3 Å². The molecule has 1 fully saturated rings. The van der Waals surface area contributed by atoms with Crippen LogP contribution in [-0.2, 0) is 4.79 Å². The molecule has 1 saturated heterocycles. The van der Waals surface area contributed by atoms with Crippen LogP contribution in [0, 0.1) is 12.8 Å². The molecular formula is C17H26N2OS. The van der Waals surface area contributed by atoms with Gasteiger partial charge in [-0.2, -0.15) is 0 Å². The highest BCUT2D eigenvalue weighted by molar-refractivity contribution is 7.99. The largest absolute Gasteiger partial charge is 0.355 e. The van der Waals surface area contributed by atoms with Crippen molar-refractivity contribution in [3.05, 3.63) is 29.8 Å². The van der Waals surface area contributed by atoms with E-state index in [0.717, 1.165) is 38.2 Å². The smallest absolute Gasteiger partial charge is 0.220 e. The fraction of sp³-hybridized carbons (Fsp3) is 0.588. The van der Waals surface area contributed by atoms with Crippen molar-refractivity contribution in [2.75, 3.05) is 32.4 Å². The summed E-state index contributed by atoms with van der Waals surface area (Å²) in [5.74, 6) is 1.72. The van der Waals surface area contributed by atoms with Gasteiger partial charge in [0, 0.05) is 23.6 Å². The van der Waals surface area contributed by atoms with Crippen LogP contribution < -0.4 is 5.32 Å². The Kier molecular flexibility index (Phi) is 6.58. The first kappa shape index (κ1) is 16.4. The topological polar surface area (TPSA) is 32.3 Å². The lowest BCUT2D eigenvalue weighted by Crippen LogP contribution is -2.34. The zero-order chi connectivity index (χ0) is 15.1. The average Bonchev–Trinajstić information content (AvgIpc) is 2.48. The Morgan fingerprint density at radius 1 is 1.29 bits per heavy atom. The van der Waals surface area contributed by atoms with Gasteiger partial charge in [0.1, 0.15) is 0 Å². The average molecular weight is 306 g/mol. The van der Waals surface area contributed by atoms with E-state index in [4.69, 9.17) is 0 Å². The number of thioether (sulfide) groups is 1. The molecule has 1 heterocycles. The molecule has 116 valence electrons. The Labute approximate surface area is 132 Å². The number of amides is 1. The lowest BCUT2D eigenvalue weighted by molar-refractivity contribution is -0.122. The summed E-state index contributed by atoms with van der Waals surface area (Å²) in [4.78, 5) is 15.5. The second kappa shape index (κ2) is 8.44. The van der Waals surface area contributed by atoms with Gasteiger partial charge in [-0.15, -0.1) is 11.8 Å². The lowest BCUT2D eigenvalue weighted by atomic mass is 9.93. The van der Waals surface area contributed by atoms with E-state index in [1.165, 1.54) is 10.5 Å². The van der Waals surface area contributed by atoms with Gasteiger partial charge in [-0.05, 0) is 58.0 Å². The summed E-state index contributed by atoms with van der Waals surface area (Å²) in [6.07, 6.45) is 3.01. The molecule has 0 aliphatic carbocycles. The van der Waals surface area contributed by atoms with Crippen LogP contribution in [-0.4, -0.2) is 43.2 Å². The van der Waals surface area contributed by atoms with E-state index >= 15 is 0 Å². The highest BCUT2D eigenvalue weighted by Gasteiger charge is 2.19. The van der Waals surface area contributed by atoms with Crippen LogP contribution in [0.2, 0.25) is 0 Å². The summed E-state index contributed by atoms with van der Waals surface area (Å²) < 4.78 is 0. The summed E-state index contributed by atoms with van der Waals surface area (Å²) in [7, 11) is 2.15. The lowest BCUT2D eigenvalue weighted by Gasteiger charge is -2.28. The molecule has 1 aromatic rings. The molecule has 1 N–H and O–H groups in total. The third kappa shape index (κ3) is 6.10. The standard InChI is InChI=1S/C17H26N2OS/c1-14-3-5-16(6-4-14)21-12-9-18-17(20)13-15-7-10-19(2)11-8-15/h3-6,15H,7-13H2,1-2H3,(H,18,20). The fourth-order valence-electron chi connectivity index (χ4n) is 2.59. The maximum atomic E-state index is 11.9. The first-order chi connectivity index (χ1) is 10.1. The number of rotatable bonds is 6. The second-order valence-corrected chi connectivity index (χ2v) is 7.13. The number of hydrogen-bond donors (Lipinski definition) is 1. The van der Waals surface area contributed by atoms with Gasteiger partial charge in [-0.3, -0.25) is 4.79 Å². The first-order valence-corrected chi connectivity index (χ1v) is 8.77. The molecule has 0 unspecified atom stereocenters. The van der Waals surface area contributed by atoms with Crippen LogP contribution in [0.5, 0.6) is 0 Å². The van der Waals surface area contributed by atoms with Crippen molar-refractivity contribution in [1.82, 2.24) is 10.2 Å². The number of hydrogen-bond acceptors (Lipinski definition) is 3. The molecule has 2 rings (SSSR count). The van der Waals surface area contributed by atoms with E-state index in [-0.39, 0.29) is 5.91 Å². The summed E-state index contributed by atoms with van der Waals surface area (Å²) in [5.41, 5.74) is 1.28. The molecule has 21 heavy (non-hydrogen) atoms. The highest BCUT2D eigenvalue weighted by Crippen LogP contribution is 2.19. The van der Waals surface area contributed by atoms with Crippen LogP contribution >= 0.6 is 11.8 Å². The Morgan fingerprint density at radius 2 is 1.95 bits per heavy atom. The molecule has 0 bridgehead atoms. The zero-order valence-corrected chi connectivity index (χ0v) is 13.9. The Morgan fingerprint density at radius 3 is 2.62 bits per heavy atom. The molecule has 1 aromatic carbocycles. The van der Waals surface area contributed by atoms with E-state index in [9.17, 15) is 4.79 Å². The number of likely N-dealkylation sites (tertiary alicyclic amines) is 1. The zero-order valence-electron chi connectivity index (χ0n) is 13.1. The number of nitrogens with one attached hydrogen (secondary N) is 1. The second-order valence-electron chi connectivity index (χ2n) is 5.96. The van der Waals surface area contributed by atoms with Crippen LogP contribution in [0.15, 0.2) is 29.2 Å². The quantitative estimate of drug-likeness (QED) is 0.648. The minimum Gasteiger partial charge on any atom is -0.355 e. The van der Waals surface area contributed by atoms with Crippen LogP contribution in [0.25, 0.3) is 0 Å². The number of carbonyl (C=O) groups excluding carboxylic acids is 1. The van der Waals surface area contributed by atoms with Crippen molar-refractivity contribution in [3.63, 3.8) is 0 Å². The maximum absolute atomic E-state index is 11.9. The van der Waals surface area contributed by atoms with Gasteiger partial charge in [-0.25, -0.2) is 0 Å². The molecule has 3 nitrogen and oxygen atoms in total. The Bertz CT molecular complexity index is 439. The summed E-state index contributed by atoms with van der Waals surface area (Å²) in [5, 5.41) is 3.05. The summed E-state index contributed by atoms with van der Waals surface area (Å²) >= 11 is 1.80.